The molecule has 23 heavy (non-hydrogen) atoms. The number of benzene rings is 1. The summed E-state index contributed by atoms with van der Waals surface area (Å²) in [6.45, 7) is 2.04. The summed E-state index contributed by atoms with van der Waals surface area (Å²) in [5, 5.41) is 2.45. The summed E-state index contributed by atoms with van der Waals surface area (Å²) in [6.07, 6.45) is 2.29. The number of fused-ring (bicyclic) bond motifs is 1. The third-order valence-electron chi connectivity index (χ3n) is 3.55. The van der Waals surface area contributed by atoms with E-state index in [1.807, 2.05) is 18.4 Å². The fourth-order valence-electron chi connectivity index (χ4n) is 2.38. The van der Waals surface area contributed by atoms with Crippen LogP contribution in [-0.4, -0.2) is 5.97 Å². The van der Waals surface area contributed by atoms with Gasteiger partial charge in [0.15, 0.2) is 5.75 Å². The number of para-hydroxylation sites is 1. The van der Waals surface area contributed by atoms with Crippen molar-refractivity contribution in [3.63, 3.8) is 0 Å². The predicted molar refractivity (Wildman–Crippen MR) is 90.4 cm³/mol. The molecule has 0 fully saturated rings. The second-order valence-corrected chi connectivity index (χ2v) is 6.11. The Morgan fingerprint density at radius 1 is 1.22 bits per heavy atom. The van der Waals surface area contributed by atoms with E-state index < -0.39 is 11.6 Å². The van der Waals surface area contributed by atoms with Crippen LogP contribution in [0.25, 0.3) is 11.0 Å². The molecular weight excluding hydrogens is 312 g/mol. The Morgan fingerprint density at radius 3 is 2.78 bits per heavy atom. The lowest BCUT2D eigenvalue weighted by atomic mass is 10.1. The first-order valence-corrected chi connectivity index (χ1v) is 8.39. The van der Waals surface area contributed by atoms with Gasteiger partial charge in [0.1, 0.15) is 10.5 Å². The van der Waals surface area contributed by atoms with Gasteiger partial charge < -0.3 is 9.15 Å². The molecule has 0 N–H and O–H groups in total. The Kier molecular flexibility index (Phi) is 4.57. The van der Waals surface area contributed by atoms with Crippen LogP contribution >= 0.6 is 11.3 Å². The van der Waals surface area contributed by atoms with Crippen molar-refractivity contribution < 1.29 is 13.9 Å². The summed E-state index contributed by atoms with van der Waals surface area (Å²) in [4.78, 5) is 25.1. The molecule has 0 aliphatic rings. The monoisotopic (exact) mass is 328 g/mol. The van der Waals surface area contributed by atoms with Gasteiger partial charge >= 0.3 is 11.6 Å². The highest BCUT2D eigenvalue weighted by molar-refractivity contribution is 7.12. The number of carbonyl (C=O) groups excluding carboxylic acids is 1. The molecule has 0 bridgehead atoms. The zero-order valence-electron chi connectivity index (χ0n) is 12.7. The highest BCUT2D eigenvalue weighted by atomic mass is 32.1. The van der Waals surface area contributed by atoms with Gasteiger partial charge in [0.25, 0.3) is 0 Å². The Hall–Kier alpha value is -2.40. The first kappa shape index (κ1) is 15.5. The number of esters is 1. The molecule has 4 nitrogen and oxygen atoms in total. The van der Waals surface area contributed by atoms with E-state index in [-0.39, 0.29) is 0 Å². The summed E-state index contributed by atoms with van der Waals surface area (Å²) in [5.74, 6) is -0.128. The average molecular weight is 328 g/mol. The molecule has 2 heterocycles. The number of unbranched alkanes of at least 4 members (excludes halogenated alkanes) is 1. The van der Waals surface area contributed by atoms with Gasteiger partial charge in [0, 0.05) is 0 Å². The molecule has 0 unspecified atom stereocenters. The lowest BCUT2D eigenvalue weighted by Crippen LogP contribution is -2.15. The predicted octanol–water partition coefficient (Wildman–Crippen LogP) is 4.42. The molecule has 0 saturated heterocycles. The molecule has 3 rings (SSSR count). The highest BCUT2D eigenvalue weighted by Crippen LogP contribution is 2.29. The quantitative estimate of drug-likeness (QED) is 0.514. The van der Waals surface area contributed by atoms with E-state index in [9.17, 15) is 9.59 Å². The molecule has 0 aliphatic carbocycles. The van der Waals surface area contributed by atoms with Gasteiger partial charge in [-0.25, -0.2) is 9.59 Å². The first-order valence-electron chi connectivity index (χ1n) is 7.51. The van der Waals surface area contributed by atoms with Gasteiger partial charge in [-0.15, -0.1) is 11.3 Å². The Morgan fingerprint density at radius 2 is 2.04 bits per heavy atom. The molecule has 0 aliphatic heterocycles. The Balaban J connectivity index is 2.11. The molecule has 0 atom stereocenters. The summed E-state index contributed by atoms with van der Waals surface area (Å²) in [5.41, 5.74) is 0.410. The summed E-state index contributed by atoms with van der Waals surface area (Å²) < 4.78 is 11.0. The SMILES string of the molecule is CCCCc1c(OC(=O)c2cccs2)c2ccccc2oc1=O. The maximum Gasteiger partial charge on any atom is 0.353 e. The minimum Gasteiger partial charge on any atom is -0.422 e. The number of hydrogen-bond acceptors (Lipinski definition) is 5. The van der Waals surface area contributed by atoms with E-state index in [0.29, 0.717) is 33.6 Å². The molecule has 0 saturated carbocycles. The third-order valence-corrected chi connectivity index (χ3v) is 4.40. The van der Waals surface area contributed by atoms with Crippen molar-refractivity contribution in [3.8, 4) is 5.75 Å². The zero-order chi connectivity index (χ0) is 16.2. The number of hydrogen-bond donors (Lipinski definition) is 0. The fraction of sp³-hybridized carbons (Fsp3) is 0.222. The summed E-state index contributed by atoms with van der Waals surface area (Å²) >= 11 is 1.31. The molecule has 0 amide bonds. The van der Waals surface area contributed by atoms with Crippen molar-refractivity contribution >= 4 is 28.3 Å². The minimum atomic E-state index is -0.450. The molecule has 0 spiro atoms. The van der Waals surface area contributed by atoms with Crippen molar-refractivity contribution in [1.82, 2.24) is 0 Å². The van der Waals surface area contributed by atoms with Crippen LogP contribution in [0.4, 0.5) is 0 Å². The van der Waals surface area contributed by atoms with Gasteiger partial charge in [-0.3, -0.25) is 0 Å². The van der Waals surface area contributed by atoms with Gasteiger partial charge in [-0.2, -0.15) is 0 Å². The van der Waals surface area contributed by atoms with Crippen LogP contribution in [0.3, 0.4) is 0 Å². The van der Waals surface area contributed by atoms with Crippen molar-refractivity contribution in [2.75, 3.05) is 0 Å². The van der Waals surface area contributed by atoms with E-state index >= 15 is 0 Å². The second kappa shape index (κ2) is 6.79. The average Bonchev–Trinajstić information content (AvgIpc) is 3.09. The normalized spacial score (nSPS) is 10.8. The van der Waals surface area contributed by atoms with Gasteiger partial charge in [-0.05, 0) is 36.4 Å². The van der Waals surface area contributed by atoms with E-state index in [2.05, 4.69) is 0 Å². The van der Waals surface area contributed by atoms with Gasteiger partial charge in [0.2, 0.25) is 0 Å². The molecular formula is C18H16O4S. The second-order valence-electron chi connectivity index (χ2n) is 5.16. The van der Waals surface area contributed by atoms with E-state index in [1.54, 1.807) is 30.3 Å². The molecule has 0 radical (unpaired) electrons. The smallest absolute Gasteiger partial charge is 0.353 e. The maximum atomic E-state index is 12.3. The van der Waals surface area contributed by atoms with Crippen LogP contribution in [0.2, 0.25) is 0 Å². The van der Waals surface area contributed by atoms with Crippen molar-refractivity contribution in [2.45, 2.75) is 26.2 Å². The van der Waals surface area contributed by atoms with Crippen LogP contribution in [0.15, 0.2) is 51.0 Å². The van der Waals surface area contributed by atoms with Crippen LogP contribution in [0, 0.1) is 0 Å². The lowest BCUT2D eigenvalue weighted by Gasteiger charge is -2.11. The zero-order valence-corrected chi connectivity index (χ0v) is 13.5. The number of ether oxygens (including phenoxy) is 1. The van der Waals surface area contributed by atoms with Crippen LogP contribution < -0.4 is 10.4 Å². The van der Waals surface area contributed by atoms with Gasteiger partial charge in [0.05, 0.1) is 10.9 Å². The number of carbonyl (C=O) groups is 1. The summed E-state index contributed by atoms with van der Waals surface area (Å²) in [7, 11) is 0. The standard InChI is InChI=1S/C18H16O4S/c1-2-3-7-13-16(22-18(20)15-10-6-11-23-15)12-8-4-5-9-14(12)21-17(13)19/h4-6,8-11H,2-3,7H2,1H3. The molecule has 2 aromatic heterocycles. The lowest BCUT2D eigenvalue weighted by molar-refractivity contribution is 0.0740. The topological polar surface area (TPSA) is 56.5 Å². The largest absolute Gasteiger partial charge is 0.422 e. The Bertz CT molecular complexity index is 878. The number of rotatable bonds is 5. The fourth-order valence-corrected chi connectivity index (χ4v) is 2.98. The van der Waals surface area contributed by atoms with Crippen molar-refractivity contribution in [3.05, 3.63) is 62.6 Å². The highest BCUT2D eigenvalue weighted by Gasteiger charge is 2.19. The molecule has 3 aromatic rings. The van der Waals surface area contributed by atoms with Gasteiger partial charge in [-0.1, -0.05) is 31.5 Å². The Labute approximate surface area is 137 Å². The van der Waals surface area contributed by atoms with E-state index in [4.69, 9.17) is 9.15 Å². The number of thiophene rings is 1. The van der Waals surface area contributed by atoms with Crippen LogP contribution in [-0.2, 0) is 6.42 Å². The first-order chi connectivity index (χ1) is 11.2. The van der Waals surface area contributed by atoms with Crippen LogP contribution in [0.1, 0.15) is 35.0 Å². The molecule has 5 heteroatoms. The van der Waals surface area contributed by atoms with Crippen molar-refractivity contribution in [1.29, 1.82) is 0 Å². The molecule has 1 aromatic carbocycles. The summed E-state index contributed by atoms with van der Waals surface area (Å²) in [6, 6.07) is 10.6. The molecule has 118 valence electrons. The maximum absolute atomic E-state index is 12.3. The minimum absolute atomic E-state index is 0.323. The van der Waals surface area contributed by atoms with E-state index in [0.717, 1.165) is 12.8 Å². The third kappa shape index (κ3) is 3.19. The van der Waals surface area contributed by atoms with Crippen molar-refractivity contribution in [2.24, 2.45) is 0 Å². The van der Waals surface area contributed by atoms with Crippen LogP contribution in [0.5, 0.6) is 5.75 Å². The van der Waals surface area contributed by atoms with E-state index in [1.165, 1.54) is 11.3 Å².